The molecule has 1 unspecified atom stereocenters. The van der Waals surface area contributed by atoms with E-state index in [2.05, 4.69) is 27.8 Å². The summed E-state index contributed by atoms with van der Waals surface area (Å²) in [5, 5.41) is 13.5. The number of aromatic nitrogens is 2. The van der Waals surface area contributed by atoms with E-state index in [0.717, 1.165) is 13.0 Å². The lowest BCUT2D eigenvalue weighted by atomic mass is 10.3. The number of hydrogen-bond donors (Lipinski definition) is 2. The summed E-state index contributed by atoms with van der Waals surface area (Å²) in [6.07, 6.45) is 0.998. The highest BCUT2D eigenvalue weighted by atomic mass is 32.2. The van der Waals surface area contributed by atoms with Crippen molar-refractivity contribution in [3.63, 3.8) is 0 Å². The molecular formula is C12H20N4O2S. The third-order valence-electron chi connectivity index (χ3n) is 2.39. The number of amides is 1. The fraction of sp³-hybridized carbons (Fsp3) is 0.583. The summed E-state index contributed by atoms with van der Waals surface area (Å²) in [6.45, 7) is 5.12. The van der Waals surface area contributed by atoms with Crippen LogP contribution in [0.1, 0.15) is 30.8 Å². The number of hydrogen-bond acceptors (Lipinski definition) is 5. The van der Waals surface area contributed by atoms with Crippen molar-refractivity contribution in [2.45, 2.75) is 20.3 Å². The molecule has 0 aliphatic rings. The molecule has 0 radical (unpaired) electrons. The summed E-state index contributed by atoms with van der Waals surface area (Å²) in [4.78, 5) is 11.7. The standard InChI is InChI=1S/C12H20N4O2S/c1-3-7-13-11-6-5-10(15-16-11)12(17)14-8-9-19(18)4-2/h5-6H,3-4,7-9H2,1-2H3,(H,13,16)(H,14,17). The maximum atomic E-state index is 11.7. The summed E-state index contributed by atoms with van der Waals surface area (Å²) in [5.74, 6) is 1.44. The summed E-state index contributed by atoms with van der Waals surface area (Å²) in [6, 6.07) is 3.35. The Kier molecular flexibility index (Phi) is 7.02. The molecule has 19 heavy (non-hydrogen) atoms. The molecule has 7 heteroatoms. The zero-order valence-corrected chi connectivity index (χ0v) is 12.1. The van der Waals surface area contributed by atoms with Gasteiger partial charge in [-0.3, -0.25) is 9.00 Å². The molecule has 1 aromatic heterocycles. The first-order chi connectivity index (χ1) is 9.17. The van der Waals surface area contributed by atoms with Gasteiger partial charge in [0.1, 0.15) is 5.82 Å². The van der Waals surface area contributed by atoms with E-state index in [-0.39, 0.29) is 11.6 Å². The number of rotatable bonds is 8. The zero-order chi connectivity index (χ0) is 14.1. The van der Waals surface area contributed by atoms with Crippen LogP contribution in [0.4, 0.5) is 5.82 Å². The van der Waals surface area contributed by atoms with Gasteiger partial charge in [-0.1, -0.05) is 13.8 Å². The average molecular weight is 284 g/mol. The first-order valence-corrected chi connectivity index (χ1v) is 7.87. The van der Waals surface area contributed by atoms with Crippen LogP contribution >= 0.6 is 0 Å². The van der Waals surface area contributed by atoms with Crippen LogP contribution in [0.5, 0.6) is 0 Å². The molecule has 6 nitrogen and oxygen atoms in total. The molecule has 1 rings (SSSR count). The van der Waals surface area contributed by atoms with Gasteiger partial charge in [0.05, 0.1) is 0 Å². The monoisotopic (exact) mass is 284 g/mol. The Labute approximate surface area is 115 Å². The van der Waals surface area contributed by atoms with Crippen LogP contribution < -0.4 is 10.6 Å². The fourth-order valence-electron chi connectivity index (χ4n) is 1.31. The summed E-state index contributed by atoms with van der Waals surface area (Å²) < 4.78 is 11.2. The van der Waals surface area contributed by atoms with E-state index >= 15 is 0 Å². The van der Waals surface area contributed by atoms with E-state index in [0.29, 0.717) is 23.9 Å². The quantitative estimate of drug-likeness (QED) is 0.737. The van der Waals surface area contributed by atoms with Gasteiger partial charge >= 0.3 is 0 Å². The van der Waals surface area contributed by atoms with E-state index in [9.17, 15) is 9.00 Å². The molecule has 1 aromatic rings. The predicted octanol–water partition coefficient (Wildman–Crippen LogP) is 0.797. The summed E-state index contributed by atoms with van der Waals surface area (Å²) in [7, 11) is -0.868. The minimum absolute atomic E-state index is 0.268. The van der Waals surface area contributed by atoms with E-state index in [1.54, 1.807) is 12.1 Å². The molecule has 0 aliphatic heterocycles. The Morgan fingerprint density at radius 2 is 2.05 bits per heavy atom. The Balaban J connectivity index is 2.42. The van der Waals surface area contributed by atoms with Gasteiger partial charge in [-0.15, -0.1) is 10.2 Å². The van der Waals surface area contributed by atoms with E-state index in [1.807, 2.05) is 6.92 Å². The molecule has 106 valence electrons. The number of anilines is 1. The Bertz CT molecular complexity index is 422. The normalized spacial score (nSPS) is 11.9. The largest absolute Gasteiger partial charge is 0.369 e. The van der Waals surface area contributed by atoms with Crippen molar-refractivity contribution >= 4 is 22.5 Å². The van der Waals surface area contributed by atoms with Crippen molar-refractivity contribution in [1.29, 1.82) is 0 Å². The average Bonchev–Trinajstić information content (AvgIpc) is 2.45. The van der Waals surface area contributed by atoms with Crippen molar-refractivity contribution in [2.24, 2.45) is 0 Å². The Morgan fingerprint density at radius 3 is 2.63 bits per heavy atom. The highest BCUT2D eigenvalue weighted by Crippen LogP contribution is 2.01. The molecule has 0 bridgehead atoms. The lowest BCUT2D eigenvalue weighted by molar-refractivity contribution is 0.0950. The van der Waals surface area contributed by atoms with Gasteiger partial charge in [0.25, 0.3) is 5.91 Å². The zero-order valence-electron chi connectivity index (χ0n) is 11.3. The van der Waals surface area contributed by atoms with Gasteiger partial charge in [0.15, 0.2) is 5.69 Å². The highest BCUT2D eigenvalue weighted by molar-refractivity contribution is 7.84. The highest BCUT2D eigenvalue weighted by Gasteiger charge is 2.07. The van der Waals surface area contributed by atoms with Gasteiger partial charge in [-0.2, -0.15) is 0 Å². The minimum atomic E-state index is -0.868. The molecule has 1 amide bonds. The van der Waals surface area contributed by atoms with Gasteiger partial charge in [0.2, 0.25) is 0 Å². The van der Waals surface area contributed by atoms with Crippen LogP contribution in [0.3, 0.4) is 0 Å². The third-order valence-corrected chi connectivity index (χ3v) is 3.69. The van der Waals surface area contributed by atoms with E-state index in [1.165, 1.54) is 0 Å². The molecule has 0 saturated heterocycles. The van der Waals surface area contributed by atoms with Crippen molar-refractivity contribution in [3.05, 3.63) is 17.8 Å². The topological polar surface area (TPSA) is 84.0 Å². The van der Waals surface area contributed by atoms with Crippen LogP contribution in [-0.2, 0) is 10.8 Å². The van der Waals surface area contributed by atoms with Crippen molar-refractivity contribution in [1.82, 2.24) is 15.5 Å². The molecule has 0 aromatic carbocycles. The summed E-state index contributed by atoms with van der Waals surface area (Å²) >= 11 is 0. The van der Waals surface area contributed by atoms with Crippen LogP contribution in [-0.4, -0.2) is 44.9 Å². The van der Waals surface area contributed by atoms with Gasteiger partial charge in [-0.25, -0.2) is 0 Å². The lowest BCUT2D eigenvalue weighted by Gasteiger charge is -2.05. The second-order valence-corrected chi connectivity index (χ2v) is 5.78. The fourth-order valence-corrected chi connectivity index (χ4v) is 1.93. The van der Waals surface area contributed by atoms with Crippen LogP contribution in [0.25, 0.3) is 0 Å². The van der Waals surface area contributed by atoms with Crippen LogP contribution in [0.15, 0.2) is 12.1 Å². The lowest BCUT2D eigenvalue weighted by Crippen LogP contribution is -2.28. The second kappa shape index (κ2) is 8.58. The smallest absolute Gasteiger partial charge is 0.271 e. The van der Waals surface area contributed by atoms with Crippen molar-refractivity contribution in [2.75, 3.05) is 29.9 Å². The molecular weight excluding hydrogens is 264 g/mol. The second-order valence-electron chi connectivity index (χ2n) is 3.92. The molecule has 0 saturated carbocycles. The van der Waals surface area contributed by atoms with Crippen molar-refractivity contribution in [3.8, 4) is 0 Å². The van der Waals surface area contributed by atoms with Crippen molar-refractivity contribution < 1.29 is 9.00 Å². The van der Waals surface area contributed by atoms with Gasteiger partial charge in [-0.05, 0) is 18.6 Å². The van der Waals surface area contributed by atoms with E-state index < -0.39 is 10.8 Å². The number of nitrogens with zero attached hydrogens (tertiary/aromatic N) is 2. The van der Waals surface area contributed by atoms with Crippen LogP contribution in [0.2, 0.25) is 0 Å². The molecule has 0 fully saturated rings. The molecule has 0 aliphatic carbocycles. The van der Waals surface area contributed by atoms with E-state index in [4.69, 9.17) is 0 Å². The van der Waals surface area contributed by atoms with Gasteiger partial charge < -0.3 is 10.6 Å². The third kappa shape index (κ3) is 5.78. The van der Waals surface area contributed by atoms with Crippen LogP contribution in [0, 0.1) is 0 Å². The minimum Gasteiger partial charge on any atom is -0.369 e. The molecule has 1 atom stereocenters. The number of nitrogens with one attached hydrogen (secondary N) is 2. The summed E-state index contributed by atoms with van der Waals surface area (Å²) in [5.41, 5.74) is 0.268. The SMILES string of the molecule is CCCNc1ccc(C(=O)NCCS(=O)CC)nn1. The number of carbonyl (C=O) groups is 1. The maximum Gasteiger partial charge on any atom is 0.271 e. The predicted molar refractivity (Wildman–Crippen MR) is 76.7 cm³/mol. The Hall–Kier alpha value is -1.50. The Morgan fingerprint density at radius 1 is 1.26 bits per heavy atom. The molecule has 2 N–H and O–H groups in total. The molecule has 0 spiro atoms. The van der Waals surface area contributed by atoms with Gasteiger partial charge in [0, 0.05) is 35.4 Å². The first kappa shape index (κ1) is 15.6. The number of carbonyl (C=O) groups excluding carboxylic acids is 1. The molecule has 1 heterocycles. The maximum absolute atomic E-state index is 11.7. The first-order valence-electron chi connectivity index (χ1n) is 6.38.